The summed E-state index contributed by atoms with van der Waals surface area (Å²) >= 11 is 6.10. The number of pyridine rings is 1. The highest BCUT2D eigenvalue weighted by atomic mass is 35.5. The van der Waals surface area contributed by atoms with Gasteiger partial charge in [-0.15, -0.1) is 0 Å². The lowest BCUT2D eigenvalue weighted by molar-refractivity contribution is -0.137. The molecule has 2 aromatic rings. The number of amides is 1. The normalized spacial score (nSPS) is 22.2. The second kappa shape index (κ2) is 9.10. The van der Waals surface area contributed by atoms with E-state index < -0.39 is 0 Å². The lowest BCUT2D eigenvalue weighted by Crippen LogP contribution is -2.46. The minimum Gasteiger partial charge on any atom is -0.369 e. The van der Waals surface area contributed by atoms with Crippen molar-refractivity contribution in [2.75, 3.05) is 26.2 Å². The number of nitrogens with one attached hydrogen (secondary N) is 3. The Labute approximate surface area is 191 Å². The van der Waals surface area contributed by atoms with E-state index in [9.17, 15) is 9.18 Å². The van der Waals surface area contributed by atoms with Crippen molar-refractivity contribution in [3.63, 3.8) is 0 Å². The van der Waals surface area contributed by atoms with Crippen LogP contribution in [0.4, 0.5) is 4.39 Å². The fourth-order valence-corrected chi connectivity index (χ4v) is 5.19. The summed E-state index contributed by atoms with van der Waals surface area (Å²) in [6, 6.07) is 1.82. The minimum atomic E-state index is -0.320. The fraction of sp³-hybridized carbons (Fsp3) is 0.522. The molecule has 1 atom stereocenters. The van der Waals surface area contributed by atoms with Crippen LogP contribution in [0.2, 0.25) is 5.02 Å². The molecule has 1 saturated carbocycles. The van der Waals surface area contributed by atoms with Gasteiger partial charge in [-0.2, -0.15) is 0 Å². The zero-order valence-corrected chi connectivity index (χ0v) is 18.7. The monoisotopic (exact) mass is 458 g/mol. The first kappa shape index (κ1) is 21.2. The number of rotatable bonds is 5. The van der Waals surface area contributed by atoms with Crippen LogP contribution in [0.1, 0.15) is 44.1 Å². The number of amidine groups is 1. The van der Waals surface area contributed by atoms with Crippen molar-refractivity contribution in [3.05, 3.63) is 40.7 Å². The highest BCUT2D eigenvalue weighted by molar-refractivity contribution is 6.31. The zero-order chi connectivity index (χ0) is 22.1. The van der Waals surface area contributed by atoms with Crippen LogP contribution in [-0.4, -0.2) is 52.8 Å². The number of aromatic nitrogens is 2. The Balaban J connectivity index is 1.21. The highest BCUT2D eigenvalue weighted by Crippen LogP contribution is 2.28. The molecule has 3 aliphatic rings. The summed E-state index contributed by atoms with van der Waals surface area (Å²) in [5, 5.41) is 7.72. The number of fused-ring (bicyclic) bond motifs is 1. The molecule has 2 fully saturated rings. The van der Waals surface area contributed by atoms with Gasteiger partial charge in [-0.3, -0.25) is 9.79 Å². The SMILES string of the molecule is O=C(C1CCCC1)N1CCC[C@H](CNC2=C(F)CN=C(c3c[nH]c4ncc(Cl)cc34)N2)C1. The number of aromatic amines is 1. The number of nitrogens with zero attached hydrogens (tertiary/aromatic N) is 3. The van der Waals surface area contributed by atoms with E-state index in [-0.39, 0.29) is 18.3 Å². The van der Waals surface area contributed by atoms with Crippen LogP contribution >= 0.6 is 11.6 Å². The maximum Gasteiger partial charge on any atom is 0.225 e. The molecular weight excluding hydrogens is 431 g/mol. The second-order valence-corrected chi connectivity index (χ2v) is 9.41. The number of hydrogen-bond donors (Lipinski definition) is 3. The van der Waals surface area contributed by atoms with Crippen LogP contribution in [0.3, 0.4) is 0 Å². The Morgan fingerprint density at radius 2 is 2.12 bits per heavy atom. The summed E-state index contributed by atoms with van der Waals surface area (Å²) < 4.78 is 14.5. The summed E-state index contributed by atoms with van der Waals surface area (Å²) in [5.74, 6) is 1.42. The predicted octanol–water partition coefficient (Wildman–Crippen LogP) is 3.72. The maximum absolute atomic E-state index is 14.5. The smallest absolute Gasteiger partial charge is 0.225 e. The first-order valence-electron chi connectivity index (χ1n) is 11.4. The van der Waals surface area contributed by atoms with E-state index in [0.29, 0.717) is 40.7 Å². The van der Waals surface area contributed by atoms with Gasteiger partial charge in [0.15, 0.2) is 5.83 Å². The molecule has 1 saturated heterocycles. The first-order chi connectivity index (χ1) is 15.6. The average Bonchev–Trinajstić information content (AvgIpc) is 3.48. The van der Waals surface area contributed by atoms with E-state index in [0.717, 1.165) is 62.6 Å². The molecule has 4 heterocycles. The molecule has 0 bridgehead atoms. The molecule has 7 nitrogen and oxygen atoms in total. The molecular formula is C23H28ClFN6O. The molecule has 2 aliphatic heterocycles. The molecule has 9 heteroatoms. The summed E-state index contributed by atoms with van der Waals surface area (Å²) in [6.07, 6.45) is 9.78. The molecule has 2 aromatic heterocycles. The van der Waals surface area contributed by atoms with Crippen molar-refractivity contribution >= 4 is 34.4 Å². The number of carbonyl (C=O) groups is 1. The van der Waals surface area contributed by atoms with Crippen molar-refractivity contribution < 1.29 is 9.18 Å². The molecule has 0 radical (unpaired) electrons. The van der Waals surface area contributed by atoms with Crippen LogP contribution in [0.25, 0.3) is 11.0 Å². The molecule has 1 aliphatic carbocycles. The largest absolute Gasteiger partial charge is 0.369 e. The van der Waals surface area contributed by atoms with Gasteiger partial charge >= 0.3 is 0 Å². The van der Waals surface area contributed by atoms with Gasteiger partial charge in [0.2, 0.25) is 5.91 Å². The number of aliphatic imine (C=N–C) groups is 1. The Bertz CT molecular complexity index is 1070. The number of carbonyl (C=O) groups excluding carboxylic acids is 1. The number of halogens is 2. The summed E-state index contributed by atoms with van der Waals surface area (Å²) in [5.41, 5.74) is 1.50. The van der Waals surface area contributed by atoms with Crippen molar-refractivity contribution in [1.82, 2.24) is 25.5 Å². The van der Waals surface area contributed by atoms with Gasteiger partial charge in [-0.25, -0.2) is 9.37 Å². The lowest BCUT2D eigenvalue weighted by Gasteiger charge is -2.35. The fourth-order valence-electron chi connectivity index (χ4n) is 5.03. The van der Waals surface area contributed by atoms with Crippen LogP contribution in [-0.2, 0) is 4.79 Å². The molecule has 0 aromatic carbocycles. The van der Waals surface area contributed by atoms with E-state index in [2.05, 4.69) is 25.6 Å². The molecule has 1 amide bonds. The van der Waals surface area contributed by atoms with Gasteiger partial charge in [-0.05, 0) is 37.7 Å². The van der Waals surface area contributed by atoms with Gasteiger partial charge in [0.05, 0.1) is 11.6 Å². The zero-order valence-electron chi connectivity index (χ0n) is 18.0. The minimum absolute atomic E-state index is 0.0255. The van der Waals surface area contributed by atoms with Crippen LogP contribution in [0.15, 0.2) is 35.1 Å². The Kier molecular flexibility index (Phi) is 6.04. The maximum atomic E-state index is 14.5. The number of likely N-dealkylation sites (tertiary alicyclic amines) is 1. The van der Waals surface area contributed by atoms with Gasteiger partial charge in [-0.1, -0.05) is 24.4 Å². The van der Waals surface area contributed by atoms with Crippen LogP contribution in [0.5, 0.6) is 0 Å². The summed E-state index contributed by atoms with van der Waals surface area (Å²) in [7, 11) is 0. The van der Waals surface area contributed by atoms with E-state index in [1.54, 1.807) is 12.4 Å². The number of hydrogen-bond acceptors (Lipinski definition) is 5. The predicted molar refractivity (Wildman–Crippen MR) is 123 cm³/mol. The standard InChI is InChI=1S/C23H28ClFN6O/c24-16-8-17-18(11-28-20(17)27-10-16)21-29-12-19(25)22(30-21)26-9-14-4-3-7-31(13-14)23(32)15-5-1-2-6-15/h8,10-11,14-15,26H,1-7,9,12-13H2,(H,27,28)(H,29,30)/t14-/m1/s1. The Morgan fingerprint density at radius 3 is 2.97 bits per heavy atom. The van der Waals surface area contributed by atoms with Crippen LogP contribution in [0, 0.1) is 11.8 Å². The van der Waals surface area contributed by atoms with Crippen molar-refractivity contribution in [2.24, 2.45) is 16.8 Å². The third-order valence-electron chi connectivity index (χ3n) is 6.75. The average molecular weight is 459 g/mol. The second-order valence-electron chi connectivity index (χ2n) is 8.98. The summed E-state index contributed by atoms with van der Waals surface area (Å²) in [4.78, 5) is 26.6. The van der Waals surface area contributed by atoms with E-state index in [1.165, 1.54) is 0 Å². The van der Waals surface area contributed by atoms with E-state index in [4.69, 9.17) is 11.6 Å². The Morgan fingerprint density at radius 1 is 1.28 bits per heavy atom. The highest BCUT2D eigenvalue weighted by Gasteiger charge is 2.31. The van der Waals surface area contributed by atoms with E-state index >= 15 is 0 Å². The third-order valence-corrected chi connectivity index (χ3v) is 6.95. The van der Waals surface area contributed by atoms with Crippen molar-refractivity contribution in [2.45, 2.75) is 38.5 Å². The van der Waals surface area contributed by atoms with Crippen molar-refractivity contribution in [3.8, 4) is 0 Å². The molecule has 170 valence electrons. The topological polar surface area (TPSA) is 85.4 Å². The molecule has 5 rings (SSSR count). The molecule has 0 spiro atoms. The summed E-state index contributed by atoms with van der Waals surface area (Å²) in [6.45, 7) is 2.17. The number of H-pyrrole nitrogens is 1. The third kappa shape index (κ3) is 4.33. The van der Waals surface area contributed by atoms with Gasteiger partial charge in [0.1, 0.15) is 17.3 Å². The first-order valence-corrected chi connectivity index (χ1v) is 11.8. The molecule has 0 unspecified atom stereocenters. The quantitative estimate of drug-likeness (QED) is 0.637. The van der Waals surface area contributed by atoms with Gasteiger partial charge in [0.25, 0.3) is 0 Å². The van der Waals surface area contributed by atoms with E-state index in [1.807, 2.05) is 11.0 Å². The van der Waals surface area contributed by atoms with Crippen LogP contribution < -0.4 is 10.6 Å². The molecule has 3 N–H and O–H groups in total. The lowest BCUT2D eigenvalue weighted by atomic mass is 9.96. The van der Waals surface area contributed by atoms with Gasteiger partial charge < -0.3 is 20.5 Å². The Hall–Kier alpha value is -2.61. The number of piperidine rings is 1. The van der Waals surface area contributed by atoms with Gasteiger partial charge in [0, 0.05) is 48.9 Å². The molecule has 32 heavy (non-hydrogen) atoms. The van der Waals surface area contributed by atoms with Crippen molar-refractivity contribution in [1.29, 1.82) is 0 Å².